The molecule has 0 fully saturated rings. The first kappa shape index (κ1) is 10.6. The Balaban J connectivity index is 4.13. The smallest absolute Gasteiger partial charge is 0.135 e. The zero-order chi connectivity index (χ0) is 9.02. The van der Waals surface area contributed by atoms with Crippen LogP contribution < -0.4 is 0 Å². The monoisotopic (exact) mass is 158 g/mol. The quantitative estimate of drug-likeness (QED) is 0.624. The van der Waals surface area contributed by atoms with Gasteiger partial charge in [0.15, 0.2) is 0 Å². The van der Waals surface area contributed by atoms with E-state index < -0.39 is 0 Å². The molecule has 0 saturated heterocycles. The van der Waals surface area contributed by atoms with Crippen LogP contribution in [0.5, 0.6) is 0 Å². The molecular weight excluding hydrogens is 140 g/mol. The van der Waals surface area contributed by atoms with Crippen LogP contribution in [0.15, 0.2) is 0 Å². The first-order valence-electron chi connectivity index (χ1n) is 4.04. The Hall–Kier alpha value is -0.370. The van der Waals surface area contributed by atoms with Crippen LogP contribution in [0, 0.1) is 11.8 Å². The second-order valence-electron chi connectivity index (χ2n) is 3.34. The molecule has 0 aromatic rings. The van der Waals surface area contributed by atoms with Gasteiger partial charge in [0.05, 0.1) is 6.10 Å². The van der Waals surface area contributed by atoms with Gasteiger partial charge in [-0.3, -0.25) is 4.79 Å². The van der Waals surface area contributed by atoms with E-state index in [2.05, 4.69) is 13.8 Å². The van der Waals surface area contributed by atoms with E-state index in [1.165, 1.54) is 0 Å². The fraction of sp³-hybridized carbons (Fsp3) is 0.889. The van der Waals surface area contributed by atoms with E-state index in [1.54, 1.807) is 14.0 Å². The number of carbonyl (C=O) groups excluding carboxylic acids is 1. The van der Waals surface area contributed by atoms with Crippen molar-refractivity contribution in [1.82, 2.24) is 0 Å². The van der Waals surface area contributed by atoms with Gasteiger partial charge in [0.1, 0.15) is 5.78 Å². The van der Waals surface area contributed by atoms with Gasteiger partial charge in [-0.1, -0.05) is 20.8 Å². The Morgan fingerprint density at radius 3 is 1.82 bits per heavy atom. The number of ketones is 1. The molecule has 0 saturated carbocycles. The first-order valence-corrected chi connectivity index (χ1v) is 4.04. The zero-order valence-corrected chi connectivity index (χ0v) is 8.05. The summed E-state index contributed by atoms with van der Waals surface area (Å²) in [6.45, 7) is 7.65. The van der Waals surface area contributed by atoms with Gasteiger partial charge in [0.25, 0.3) is 0 Å². The van der Waals surface area contributed by atoms with Crippen LogP contribution in [-0.2, 0) is 9.53 Å². The van der Waals surface area contributed by atoms with E-state index in [0.717, 1.165) is 0 Å². The Labute approximate surface area is 68.9 Å². The van der Waals surface area contributed by atoms with E-state index in [1.807, 2.05) is 6.92 Å². The summed E-state index contributed by atoms with van der Waals surface area (Å²) >= 11 is 0. The second kappa shape index (κ2) is 4.50. The molecule has 11 heavy (non-hydrogen) atoms. The summed E-state index contributed by atoms with van der Waals surface area (Å²) in [5.74, 6) is 0.615. The first-order chi connectivity index (χ1) is 5.00. The molecule has 0 aliphatic heterocycles. The third-order valence-electron chi connectivity index (χ3n) is 2.06. The third-order valence-corrected chi connectivity index (χ3v) is 2.06. The van der Waals surface area contributed by atoms with Gasteiger partial charge in [-0.25, -0.2) is 0 Å². The Bertz CT molecular complexity index is 130. The minimum Gasteiger partial charge on any atom is -0.380 e. The molecule has 0 heterocycles. The number of ether oxygens (including phenoxy) is 1. The van der Waals surface area contributed by atoms with Crippen molar-refractivity contribution < 1.29 is 9.53 Å². The van der Waals surface area contributed by atoms with E-state index in [9.17, 15) is 4.79 Å². The van der Waals surface area contributed by atoms with Gasteiger partial charge in [0, 0.05) is 13.0 Å². The van der Waals surface area contributed by atoms with Gasteiger partial charge in [-0.15, -0.1) is 0 Å². The summed E-state index contributed by atoms with van der Waals surface area (Å²) < 4.78 is 5.21. The Morgan fingerprint density at radius 2 is 1.73 bits per heavy atom. The average Bonchev–Trinajstić information content (AvgIpc) is 1.88. The van der Waals surface area contributed by atoms with E-state index >= 15 is 0 Å². The highest BCUT2D eigenvalue weighted by atomic mass is 16.5. The van der Waals surface area contributed by atoms with Crippen LogP contribution in [0.3, 0.4) is 0 Å². The lowest BCUT2D eigenvalue weighted by atomic mass is 9.92. The van der Waals surface area contributed by atoms with Crippen molar-refractivity contribution in [3.05, 3.63) is 0 Å². The van der Waals surface area contributed by atoms with E-state index in [4.69, 9.17) is 4.74 Å². The number of rotatable bonds is 4. The molecule has 0 rings (SSSR count). The van der Waals surface area contributed by atoms with Crippen molar-refractivity contribution in [3.63, 3.8) is 0 Å². The molecule has 0 radical (unpaired) electrons. The third kappa shape index (κ3) is 3.02. The molecule has 2 atom stereocenters. The van der Waals surface area contributed by atoms with Gasteiger partial charge in [-0.05, 0) is 12.8 Å². The molecule has 2 unspecified atom stereocenters. The largest absolute Gasteiger partial charge is 0.380 e. The SMILES string of the molecule is COC(C(C)C)C(C)C(C)=O. The van der Waals surface area contributed by atoms with Gasteiger partial charge < -0.3 is 4.74 Å². The van der Waals surface area contributed by atoms with Gasteiger partial charge >= 0.3 is 0 Å². The van der Waals surface area contributed by atoms with Crippen LogP contribution in [0.1, 0.15) is 27.7 Å². The maximum Gasteiger partial charge on any atom is 0.135 e. The summed E-state index contributed by atoms with van der Waals surface area (Å²) in [6.07, 6.45) is 0.0625. The summed E-state index contributed by atoms with van der Waals surface area (Å²) in [4.78, 5) is 11.0. The minimum absolute atomic E-state index is 0.0139. The predicted octanol–water partition coefficient (Wildman–Crippen LogP) is 1.88. The molecule has 66 valence electrons. The van der Waals surface area contributed by atoms with Crippen molar-refractivity contribution in [2.75, 3.05) is 7.11 Å². The van der Waals surface area contributed by atoms with Crippen molar-refractivity contribution in [2.24, 2.45) is 11.8 Å². The molecule has 0 aliphatic rings. The molecule has 0 bridgehead atoms. The highest BCUT2D eigenvalue weighted by Gasteiger charge is 2.23. The zero-order valence-electron chi connectivity index (χ0n) is 8.05. The minimum atomic E-state index is 0.0139. The molecular formula is C9H18O2. The van der Waals surface area contributed by atoms with Crippen molar-refractivity contribution >= 4 is 5.78 Å². The molecule has 2 nitrogen and oxygen atoms in total. The summed E-state index contributed by atoms with van der Waals surface area (Å²) in [7, 11) is 1.66. The lowest BCUT2D eigenvalue weighted by Crippen LogP contribution is -2.30. The van der Waals surface area contributed by atoms with Crippen LogP contribution in [-0.4, -0.2) is 19.0 Å². The van der Waals surface area contributed by atoms with E-state index in [-0.39, 0.29) is 17.8 Å². The van der Waals surface area contributed by atoms with Crippen LogP contribution in [0.4, 0.5) is 0 Å². The molecule has 2 heteroatoms. The van der Waals surface area contributed by atoms with Gasteiger partial charge in [-0.2, -0.15) is 0 Å². The molecule has 0 aromatic carbocycles. The van der Waals surface area contributed by atoms with Crippen molar-refractivity contribution in [1.29, 1.82) is 0 Å². The Kier molecular flexibility index (Phi) is 4.34. The number of Topliss-reactive ketones (excluding diaryl/α,β-unsaturated/α-hetero) is 1. The van der Waals surface area contributed by atoms with Crippen LogP contribution >= 0.6 is 0 Å². The van der Waals surface area contributed by atoms with Gasteiger partial charge in [0.2, 0.25) is 0 Å². The predicted molar refractivity (Wildman–Crippen MR) is 45.5 cm³/mol. The number of carbonyl (C=O) groups is 1. The molecule has 0 N–H and O–H groups in total. The van der Waals surface area contributed by atoms with E-state index in [0.29, 0.717) is 5.92 Å². The summed E-state index contributed by atoms with van der Waals surface area (Å²) in [5.41, 5.74) is 0. The highest BCUT2D eigenvalue weighted by Crippen LogP contribution is 2.16. The topological polar surface area (TPSA) is 26.3 Å². The maximum absolute atomic E-state index is 11.0. The summed E-state index contributed by atoms with van der Waals surface area (Å²) in [6, 6.07) is 0. The standard InChI is InChI=1S/C9H18O2/c1-6(2)9(11-5)7(3)8(4)10/h6-7,9H,1-5H3. The number of methoxy groups -OCH3 is 1. The maximum atomic E-state index is 11.0. The number of hydrogen-bond donors (Lipinski definition) is 0. The molecule has 0 aromatic heterocycles. The molecule has 0 aliphatic carbocycles. The van der Waals surface area contributed by atoms with Crippen LogP contribution in [0.2, 0.25) is 0 Å². The van der Waals surface area contributed by atoms with Crippen LogP contribution in [0.25, 0.3) is 0 Å². The molecule has 0 spiro atoms. The summed E-state index contributed by atoms with van der Waals surface area (Å²) in [5, 5.41) is 0. The number of hydrogen-bond acceptors (Lipinski definition) is 2. The van der Waals surface area contributed by atoms with Crippen molar-refractivity contribution in [2.45, 2.75) is 33.8 Å². The highest BCUT2D eigenvalue weighted by molar-refractivity contribution is 5.78. The fourth-order valence-electron chi connectivity index (χ4n) is 1.28. The fourth-order valence-corrected chi connectivity index (χ4v) is 1.28. The Morgan fingerprint density at radius 1 is 1.27 bits per heavy atom. The lowest BCUT2D eigenvalue weighted by molar-refractivity contribution is -0.125. The normalized spacial score (nSPS) is 16.5. The average molecular weight is 158 g/mol. The lowest BCUT2D eigenvalue weighted by Gasteiger charge is -2.23. The molecule has 0 amide bonds. The van der Waals surface area contributed by atoms with Crippen molar-refractivity contribution in [3.8, 4) is 0 Å². The second-order valence-corrected chi connectivity index (χ2v) is 3.34.